The molecule has 0 spiro atoms. The number of thiazole rings is 1. The van der Waals surface area contributed by atoms with Crippen LogP contribution < -0.4 is 0 Å². The van der Waals surface area contributed by atoms with Crippen LogP contribution in [0.2, 0.25) is 0 Å². The van der Waals surface area contributed by atoms with Crippen LogP contribution in [-0.4, -0.2) is 34.2 Å². The lowest BCUT2D eigenvalue weighted by atomic mass is 9.94. The molecule has 0 aliphatic carbocycles. The van der Waals surface area contributed by atoms with Crippen molar-refractivity contribution in [2.45, 2.75) is 19.3 Å². The Hall–Kier alpha value is -1.10. The Kier molecular flexibility index (Phi) is 3.20. The Morgan fingerprint density at radius 2 is 2.60 bits per heavy atom. The summed E-state index contributed by atoms with van der Waals surface area (Å²) in [6.45, 7) is 1.34. The van der Waals surface area contributed by atoms with E-state index in [9.17, 15) is 4.79 Å². The van der Waals surface area contributed by atoms with Gasteiger partial charge in [-0.1, -0.05) is 0 Å². The average molecular weight is 226 g/mol. The molecule has 1 saturated heterocycles. The number of hydrogen-bond acceptors (Lipinski definition) is 3. The number of carbonyl (C=O) groups is 1. The lowest BCUT2D eigenvalue weighted by molar-refractivity contribution is 0.120. The second-order valence-electron chi connectivity index (χ2n) is 3.92. The summed E-state index contributed by atoms with van der Waals surface area (Å²) >= 11 is 1.59. The van der Waals surface area contributed by atoms with Gasteiger partial charge in [0.05, 0.1) is 11.2 Å². The Balaban J connectivity index is 1.90. The number of amides is 1. The number of likely N-dealkylation sites (tertiary alicyclic amines) is 1. The highest BCUT2D eigenvalue weighted by Crippen LogP contribution is 2.20. The first kappa shape index (κ1) is 10.4. The first-order valence-electron chi connectivity index (χ1n) is 5.10. The van der Waals surface area contributed by atoms with E-state index < -0.39 is 6.09 Å². The number of hydrogen-bond donors (Lipinski definition) is 1. The summed E-state index contributed by atoms with van der Waals surface area (Å²) in [6, 6.07) is 0. The van der Waals surface area contributed by atoms with Gasteiger partial charge in [-0.3, -0.25) is 0 Å². The number of rotatable bonds is 2. The maximum Gasteiger partial charge on any atom is 0.407 e. The normalized spacial score (nSPS) is 21.6. The van der Waals surface area contributed by atoms with E-state index in [1.54, 1.807) is 11.3 Å². The molecule has 15 heavy (non-hydrogen) atoms. The molecule has 1 atom stereocenters. The van der Waals surface area contributed by atoms with Crippen molar-refractivity contribution in [3.05, 3.63) is 16.6 Å². The number of piperidine rings is 1. The molecular formula is C10H14N2O2S. The summed E-state index contributed by atoms with van der Waals surface area (Å²) in [4.78, 5) is 16.6. The van der Waals surface area contributed by atoms with Crippen LogP contribution in [0.1, 0.15) is 18.5 Å². The maximum absolute atomic E-state index is 10.8. The average Bonchev–Trinajstić information content (AvgIpc) is 2.71. The summed E-state index contributed by atoms with van der Waals surface area (Å²) in [5.74, 6) is 0.442. The molecule has 2 rings (SSSR count). The van der Waals surface area contributed by atoms with Crippen LogP contribution in [0, 0.1) is 5.92 Å². The van der Waals surface area contributed by atoms with Gasteiger partial charge in [0.2, 0.25) is 0 Å². The molecule has 1 unspecified atom stereocenters. The first-order valence-corrected chi connectivity index (χ1v) is 6.05. The quantitative estimate of drug-likeness (QED) is 0.840. The molecule has 1 aromatic rings. The molecule has 1 aliphatic heterocycles. The third-order valence-electron chi connectivity index (χ3n) is 2.77. The Morgan fingerprint density at radius 3 is 3.27 bits per heavy atom. The standard InChI is InChI=1S/C10H14N2O2S/c13-10(14)12-3-1-2-8(5-12)4-9-6-15-7-11-9/h6-8H,1-5H2,(H,13,14). The highest BCUT2D eigenvalue weighted by molar-refractivity contribution is 7.07. The number of aromatic nitrogens is 1. The maximum atomic E-state index is 10.8. The molecule has 1 aliphatic rings. The minimum Gasteiger partial charge on any atom is -0.465 e. The molecule has 1 N–H and O–H groups in total. The predicted octanol–water partition coefficient (Wildman–Crippen LogP) is 2.08. The van der Waals surface area contributed by atoms with Crippen molar-refractivity contribution in [1.82, 2.24) is 9.88 Å². The van der Waals surface area contributed by atoms with E-state index in [0.717, 1.165) is 25.0 Å². The number of carboxylic acid groups (broad SMARTS) is 1. The summed E-state index contributed by atoms with van der Waals surface area (Å²) in [7, 11) is 0. The fourth-order valence-electron chi connectivity index (χ4n) is 2.04. The van der Waals surface area contributed by atoms with Gasteiger partial charge in [-0.2, -0.15) is 0 Å². The van der Waals surface area contributed by atoms with E-state index in [1.165, 1.54) is 4.90 Å². The lowest BCUT2D eigenvalue weighted by Crippen LogP contribution is -2.39. The zero-order valence-electron chi connectivity index (χ0n) is 8.43. The van der Waals surface area contributed by atoms with Gasteiger partial charge in [-0.25, -0.2) is 9.78 Å². The molecular weight excluding hydrogens is 212 g/mol. The highest BCUT2D eigenvalue weighted by Gasteiger charge is 2.23. The van der Waals surface area contributed by atoms with E-state index >= 15 is 0 Å². The van der Waals surface area contributed by atoms with E-state index in [1.807, 2.05) is 10.9 Å². The highest BCUT2D eigenvalue weighted by atomic mass is 32.1. The van der Waals surface area contributed by atoms with Gasteiger partial charge >= 0.3 is 6.09 Å². The van der Waals surface area contributed by atoms with Crippen molar-refractivity contribution in [3.63, 3.8) is 0 Å². The van der Waals surface area contributed by atoms with Gasteiger partial charge in [0, 0.05) is 18.5 Å². The van der Waals surface area contributed by atoms with Crippen LogP contribution in [0.3, 0.4) is 0 Å². The number of nitrogens with zero attached hydrogens (tertiary/aromatic N) is 2. The van der Waals surface area contributed by atoms with Gasteiger partial charge in [-0.15, -0.1) is 11.3 Å². The van der Waals surface area contributed by atoms with Crippen LogP contribution in [-0.2, 0) is 6.42 Å². The fraction of sp³-hybridized carbons (Fsp3) is 0.600. The molecule has 0 aromatic carbocycles. The van der Waals surface area contributed by atoms with E-state index in [2.05, 4.69) is 4.98 Å². The van der Waals surface area contributed by atoms with Gasteiger partial charge in [0.1, 0.15) is 0 Å². The molecule has 1 aromatic heterocycles. The smallest absolute Gasteiger partial charge is 0.407 e. The Bertz CT molecular complexity index is 326. The van der Waals surface area contributed by atoms with Crippen LogP contribution in [0.4, 0.5) is 4.79 Å². The van der Waals surface area contributed by atoms with Crippen LogP contribution in [0.5, 0.6) is 0 Å². The topological polar surface area (TPSA) is 53.4 Å². The minimum absolute atomic E-state index is 0.442. The molecule has 5 heteroatoms. The van der Waals surface area contributed by atoms with Gasteiger partial charge in [0.25, 0.3) is 0 Å². The third kappa shape index (κ3) is 2.68. The molecule has 0 radical (unpaired) electrons. The molecule has 82 valence electrons. The second kappa shape index (κ2) is 4.61. The van der Waals surface area contributed by atoms with Crippen molar-refractivity contribution < 1.29 is 9.90 Å². The zero-order valence-corrected chi connectivity index (χ0v) is 9.24. The van der Waals surface area contributed by atoms with E-state index in [-0.39, 0.29) is 0 Å². The minimum atomic E-state index is -0.794. The largest absolute Gasteiger partial charge is 0.465 e. The second-order valence-corrected chi connectivity index (χ2v) is 4.64. The van der Waals surface area contributed by atoms with Gasteiger partial charge < -0.3 is 10.0 Å². The summed E-state index contributed by atoms with van der Waals surface area (Å²) in [5.41, 5.74) is 2.92. The summed E-state index contributed by atoms with van der Waals surface area (Å²) in [5, 5.41) is 10.9. The van der Waals surface area contributed by atoms with Crippen molar-refractivity contribution in [1.29, 1.82) is 0 Å². The van der Waals surface area contributed by atoms with Crippen LogP contribution in [0.25, 0.3) is 0 Å². The SMILES string of the molecule is O=C(O)N1CCCC(Cc2cscn2)C1. The van der Waals surface area contributed by atoms with Crippen molar-refractivity contribution in [2.24, 2.45) is 5.92 Å². The van der Waals surface area contributed by atoms with Crippen LogP contribution >= 0.6 is 11.3 Å². The molecule has 4 nitrogen and oxygen atoms in total. The zero-order chi connectivity index (χ0) is 10.7. The lowest BCUT2D eigenvalue weighted by Gasteiger charge is -2.30. The van der Waals surface area contributed by atoms with Crippen molar-refractivity contribution >= 4 is 17.4 Å². The van der Waals surface area contributed by atoms with Crippen molar-refractivity contribution in [2.75, 3.05) is 13.1 Å². The molecule has 0 saturated carbocycles. The summed E-state index contributed by atoms with van der Waals surface area (Å²) < 4.78 is 0. The third-order valence-corrected chi connectivity index (χ3v) is 3.41. The Morgan fingerprint density at radius 1 is 1.73 bits per heavy atom. The van der Waals surface area contributed by atoms with E-state index in [4.69, 9.17) is 5.11 Å². The monoisotopic (exact) mass is 226 g/mol. The molecule has 0 bridgehead atoms. The molecule has 1 amide bonds. The fourth-order valence-corrected chi connectivity index (χ4v) is 2.61. The van der Waals surface area contributed by atoms with Gasteiger partial charge in [-0.05, 0) is 25.2 Å². The van der Waals surface area contributed by atoms with Crippen molar-refractivity contribution in [3.8, 4) is 0 Å². The first-order chi connectivity index (χ1) is 7.25. The molecule has 1 fully saturated rings. The van der Waals surface area contributed by atoms with E-state index in [0.29, 0.717) is 19.0 Å². The predicted molar refractivity (Wildman–Crippen MR) is 58.1 cm³/mol. The Labute approximate surface area is 92.6 Å². The summed E-state index contributed by atoms with van der Waals surface area (Å²) in [6.07, 6.45) is 2.20. The molecule has 2 heterocycles. The van der Waals surface area contributed by atoms with Gasteiger partial charge in [0.15, 0.2) is 0 Å². The van der Waals surface area contributed by atoms with Crippen LogP contribution in [0.15, 0.2) is 10.9 Å².